The fourth-order valence-corrected chi connectivity index (χ4v) is 7.66. The summed E-state index contributed by atoms with van der Waals surface area (Å²) in [6.07, 6.45) is 8.84. The van der Waals surface area contributed by atoms with Crippen LogP contribution >= 0.6 is 11.6 Å². The maximum Gasteiger partial charge on any atom is 0.210 e. The van der Waals surface area contributed by atoms with Crippen LogP contribution in [0.1, 0.15) is 31.9 Å². The van der Waals surface area contributed by atoms with Gasteiger partial charge in [0.2, 0.25) is 5.69 Å². The molecule has 4 aromatic carbocycles. The second-order valence-corrected chi connectivity index (χ2v) is 11.9. The number of rotatable bonds is 5. The maximum absolute atomic E-state index is 6.62. The number of halogens is 1. The molecule has 2 nitrogen and oxygen atoms in total. The number of benzene rings is 4. The molecule has 0 spiro atoms. The van der Waals surface area contributed by atoms with Crippen LogP contribution in [0.15, 0.2) is 109 Å². The summed E-state index contributed by atoms with van der Waals surface area (Å²) in [6, 6.07) is 26.3. The number of allylic oxidation sites excluding steroid dienone is 5. The number of nitrogens with zero attached hydrogens (tertiary/aromatic N) is 2. The topological polar surface area (TPSA) is 6.25 Å². The van der Waals surface area contributed by atoms with Crippen molar-refractivity contribution in [3.63, 3.8) is 0 Å². The summed E-state index contributed by atoms with van der Waals surface area (Å²) in [5.74, 6) is 0.592. The summed E-state index contributed by atoms with van der Waals surface area (Å²) >= 11 is 6.62. The maximum atomic E-state index is 6.62. The van der Waals surface area contributed by atoms with Gasteiger partial charge >= 0.3 is 0 Å². The van der Waals surface area contributed by atoms with E-state index in [-0.39, 0.29) is 16.7 Å². The van der Waals surface area contributed by atoms with Crippen LogP contribution in [0.3, 0.4) is 0 Å². The van der Waals surface area contributed by atoms with Gasteiger partial charge in [-0.25, -0.2) is 0 Å². The van der Waals surface area contributed by atoms with Crippen LogP contribution in [0.25, 0.3) is 21.5 Å². The minimum atomic E-state index is -0.306. The number of anilines is 1. The average Bonchev–Trinajstić information content (AvgIpc) is 3.28. The summed E-state index contributed by atoms with van der Waals surface area (Å²) in [4.78, 5) is 2.35. The molecule has 0 saturated heterocycles. The molecule has 6 rings (SSSR count). The first-order chi connectivity index (χ1) is 18.7. The lowest BCUT2D eigenvalue weighted by molar-refractivity contribution is -0.401. The molecule has 0 saturated carbocycles. The molecule has 4 aromatic rings. The molecule has 0 aromatic heterocycles. The molecule has 0 aliphatic carbocycles. The van der Waals surface area contributed by atoms with Crippen molar-refractivity contribution >= 4 is 50.2 Å². The van der Waals surface area contributed by atoms with Gasteiger partial charge in [-0.05, 0) is 52.2 Å². The Morgan fingerprint density at radius 2 is 1.51 bits per heavy atom. The normalized spacial score (nSPS) is 21.8. The van der Waals surface area contributed by atoms with Crippen molar-refractivity contribution in [2.24, 2.45) is 5.92 Å². The molecule has 0 radical (unpaired) electrons. The number of hydrogen-bond acceptors (Lipinski definition) is 1. The molecule has 2 heterocycles. The summed E-state index contributed by atoms with van der Waals surface area (Å²) in [5, 5.41) is 5.15. The highest BCUT2D eigenvalue weighted by Crippen LogP contribution is 2.51. The number of likely N-dealkylation sites (N-methyl/N-ethyl adjacent to an activating group) is 1. The Balaban J connectivity index is 1.47. The van der Waals surface area contributed by atoms with Gasteiger partial charge in [0.1, 0.15) is 7.05 Å². The van der Waals surface area contributed by atoms with Crippen molar-refractivity contribution in [3.8, 4) is 0 Å². The Kier molecular flexibility index (Phi) is 6.08. The van der Waals surface area contributed by atoms with Gasteiger partial charge in [-0.2, -0.15) is 4.58 Å². The minimum absolute atomic E-state index is 0.0854. The predicted octanol–water partition coefficient (Wildman–Crippen LogP) is 8.89. The van der Waals surface area contributed by atoms with Gasteiger partial charge < -0.3 is 4.90 Å². The molecule has 2 aliphatic rings. The molecule has 2 aliphatic heterocycles. The highest BCUT2D eigenvalue weighted by atomic mass is 35.5. The van der Waals surface area contributed by atoms with Crippen LogP contribution < -0.4 is 4.90 Å². The standard InChI is InChI=1S/C36H36ClN2/c1-7-26(23-37)36(4)32(39(6)30-22-20-25-14-9-11-16-28(25)34(30)36)18-12-17-31-35(2,3)33-27-15-10-8-13-24(27)19-21-29(33)38(31)5/h7-22,26H,1,23H2,2-6H3/q+1. The zero-order chi connectivity index (χ0) is 27.5. The Bertz CT molecular complexity index is 1740. The second-order valence-electron chi connectivity index (χ2n) is 11.6. The molecule has 0 amide bonds. The summed E-state index contributed by atoms with van der Waals surface area (Å²) < 4.78 is 2.34. The lowest BCUT2D eigenvalue weighted by atomic mass is 9.68. The lowest BCUT2D eigenvalue weighted by Gasteiger charge is -2.30. The van der Waals surface area contributed by atoms with Crippen LogP contribution in [0, 0.1) is 5.92 Å². The molecule has 0 fully saturated rings. The SMILES string of the molecule is C=CC(CCl)C1(C)C(/C=C/C=C2/N(C)c3ccc4ccccc4c3C2(C)C)=[N+](C)c2ccc3ccccc3c21. The van der Waals surface area contributed by atoms with Crippen molar-refractivity contribution in [1.82, 2.24) is 0 Å². The zero-order valence-electron chi connectivity index (χ0n) is 23.5. The molecule has 0 bridgehead atoms. The Morgan fingerprint density at radius 1 is 0.897 bits per heavy atom. The van der Waals surface area contributed by atoms with Gasteiger partial charge in [0.25, 0.3) is 0 Å². The summed E-state index contributed by atoms with van der Waals surface area (Å²) in [7, 11) is 4.36. The Hall–Kier alpha value is -3.62. The fraction of sp³-hybridized carbons (Fsp3) is 0.250. The van der Waals surface area contributed by atoms with E-state index in [1.807, 2.05) is 6.08 Å². The van der Waals surface area contributed by atoms with Gasteiger partial charge in [-0.15, -0.1) is 18.2 Å². The molecule has 3 heteroatoms. The van der Waals surface area contributed by atoms with E-state index in [1.54, 1.807) is 0 Å². The number of alkyl halides is 1. The third-order valence-electron chi connectivity index (χ3n) is 9.28. The summed E-state index contributed by atoms with van der Waals surface area (Å²) in [5.41, 5.74) is 7.33. The highest BCUT2D eigenvalue weighted by Gasteiger charge is 2.51. The van der Waals surface area contributed by atoms with Crippen LogP contribution in [-0.4, -0.2) is 30.3 Å². The second kappa shape index (κ2) is 9.24. The van der Waals surface area contributed by atoms with E-state index in [9.17, 15) is 0 Å². The Labute approximate surface area is 237 Å². The van der Waals surface area contributed by atoms with Crippen LogP contribution in [0.5, 0.6) is 0 Å². The monoisotopic (exact) mass is 531 g/mol. The first kappa shape index (κ1) is 25.6. The van der Waals surface area contributed by atoms with Crippen molar-refractivity contribution in [1.29, 1.82) is 0 Å². The van der Waals surface area contributed by atoms with E-state index in [2.05, 4.69) is 142 Å². The predicted molar refractivity (Wildman–Crippen MR) is 169 cm³/mol. The van der Waals surface area contributed by atoms with Crippen molar-refractivity contribution in [3.05, 3.63) is 121 Å². The number of hydrogen-bond donors (Lipinski definition) is 0. The third kappa shape index (κ3) is 3.58. The van der Waals surface area contributed by atoms with Crippen molar-refractivity contribution in [2.75, 3.05) is 24.9 Å². The van der Waals surface area contributed by atoms with Crippen LogP contribution in [0.2, 0.25) is 0 Å². The van der Waals surface area contributed by atoms with Crippen molar-refractivity contribution in [2.45, 2.75) is 31.6 Å². The molecule has 39 heavy (non-hydrogen) atoms. The van der Waals surface area contributed by atoms with Crippen molar-refractivity contribution < 1.29 is 4.58 Å². The van der Waals surface area contributed by atoms with Gasteiger partial charge in [0.05, 0.1) is 5.41 Å². The molecule has 2 atom stereocenters. The average molecular weight is 532 g/mol. The van der Waals surface area contributed by atoms with E-state index < -0.39 is 0 Å². The van der Waals surface area contributed by atoms with Gasteiger partial charge in [-0.3, -0.25) is 0 Å². The molecule has 2 unspecified atom stereocenters. The van der Waals surface area contributed by atoms with E-state index in [0.717, 1.165) is 0 Å². The number of fused-ring (bicyclic) bond motifs is 6. The van der Waals surface area contributed by atoms with Gasteiger partial charge in [-0.1, -0.05) is 80.6 Å². The van der Waals surface area contributed by atoms with Gasteiger partial charge in [0.15, 0.2) is 5.71 Å². The van der Waals surface area contributed by atoms with E-state index in [4.69, 9.17) is 11.6 Å². The molecule has 0 N–H and O–H groups in total. The van der Waals surface area contributed by atoms with E-state index in [0.29, 0.717) is 5.88 Å². The van der Waals surface area contributed by atoms with Gasteiger partial charge in [0, 0.05) is 53.4 Å². The quantitative estimate of drug-likeness (QED) is 0.141. The first-order valence-electron chi connectivity index (χ1n) is 13.7. The molecular weight excluding hydrogens is 496 g/mol. The lowest BCUT2D eigenvalue weighted by Crippen LogP contribution is -2.39. The smallest absolute Gasteiger partial charge is 0.210 e. The Morgan fingerprint density at radius 3 is 2.15 bits per heavy atom. The first-order valence-corrected chi connectivity index (χ1v) is 14.2. The minimum Gasteiger partial charge on any atom is -0.347 e. The fourth-order valence-electron chi connectivity index (χ4n) is 7.23. The zero-order valence-corrected chi connectivity index (χ0v) is 24.3. The largest absolute Gasteiger partial charge is 0.347 e. The molecular formula is C36H36ClN2+. The van der Waals surface area contributed by atoms with E-state index in [1.165, 1.54) is 55.5 Å². The highest BCUT2D eigenvalue weighted by molar-refractivity contribution is 6.19. The summed E-state index contributed by atoms with van der Waals surface area (Å²) in [6.45, 7) is 11.2. The third-order valence-corrected chi connectivity index (χ3v) is 9.61. The van der Waals surface area contributed by atoms with E-state index >= 15 is 0 Å². The molecule has 196 valence electrons. The van der Waals surface area contributed by atoms with Crippen LogP contribution in [0.4, 0.5) is 11.4 Å². The van der Waals surface area contributed by atoms with Crippen LogP contribution in [-0.2, 0) is 10.8 Å².